The quantitative estimate of drug-likeness (QED) is 0.774. The summed E-state index contributed by atoms with van der Waals surface area (Å²) in [5, 5.41) is 6.32. The van der Waals surface area contributed by atoms with Crippen molar-refractivity contribution in [3.05, 3.63) is 48.0 Å². The van der Waals surface area contributed by atoms with Crippen LogP contribution in [-0.4, -0.2) is 6.54 Å². The van der Waals surface area contributed by atoms with Gasteiger partial charge in [0.2, 0.25) is 0 Å². The van der Waals surface area contributed by atoms with Crippen LogP contribution < -0.4 is 5.32 Å². The summed E-state index contributed by atoms with van der Waals surface area (Å²) in [6.45, 7) is 2.15. The van der Waals surface area contributed by atoms with Gasteiger partial charge in [0.05, 0.1) is 0 Å². The highest BCUT2D eigenvalue weighted by atomic mass is 14.8. The highest BCUT2D eigenvalue weighted by molar-refractivity contribution is 5.85. The van der Waals surface area contributed by atoms with Crippen molar-refractivity contribution in [2.45, 2.75) is 32.2 Å². The molecule has 0 aromatic heterocycles. The predicted molar refractivity (Wildman–Crippen MR) is 77.6 cm³/mol. The van der Waals surface area contributed by atoms with Crippen molar-refractivity contribution in [2.75, 3.05) is 6.54 Å². The third-order valence-electron chi connectivity index (χ3n) is 4.15. The average Bonchev–Trinajstić information content (AvgIpc) is 2.36. The van der Waals surface area contributed by atoms with Crippen molar-refractivity contribution in [2.24, 2.45) is 5.92 Å². The number of fused-ring (bicyclic) bond motifs is 1. The summed E-state index contributed by atoms with van der Waals surface area (Å²) in [7, 11) is 0. The number of hydrogen-bond donors (Lipinski definition) is 1. The highest BCUT2D eigenvalue weighted by Gasteiger charge is 2.16. The van der Waals surface area contributed by atoms with Gasteiger partial charge in [0.25, 0.3) is 0 Å². The van der Waals surface area contributed by atoms with Crippen LogP contribution >= 0.6 is 0 Å². The van der Waals surface area contributed by atoms with Gasteiger partial charge in [-0.05, 0) is 35.2 Å². The monoisotopic (exact) mass is 239 g/mol. The fourth-order valence-electron chi connectivity index (χ4n) is 2.76. The molecule has 2 aromatic carbocycles. The maximum Gasteiger partial charge on any atom is 0.0211 e. The van der Waals surface area contributed by atoms with E-state index in [0.29, 0.717) is 0 Å². The van der Waals surface area contributed by atoms with Gasteiger partial charge in [-0.2, -0.15) is 0 Å². The van der Waals surface area contributed by atoms with Crippen LogP contribution in [0.5, 0.6) is 0 Å². The van der Waals surface area contributed by atoms with Crippen molar-refractivity contribution in [1.29, 1.82) is 0 Å². The Bertz CT molecular complexity index is 509. The van der Waals surface area contributed by atoms with Crippen molar-refractivity contribution in [1.82, 2.24) is 5.32 Å². The van der Waals surface area contributed by atoms with E-state index >= 15 is 0 Å². The zero-order chi connectivity index (χ0) is 12.2. The molecule has 94 valence electrons. The molecule has 1 N–H and O–H groups in total. The fraction of sp³-hybridized carbons (Fsp3) is 0.412. The van der Waals surface area contributed by atoms with E-state index in [4.69, 9.17) is 0 Å². The van der Waals surface area contributed by atoms with Crippen molar-refractivity contribution in [3.8, 4) is 0 Å². The van der Waals surface area contributed by atoms with E-state index in [1.807, 2.05) is 0 Å². The minimum Gasteiger partial charge on any atom is -0.313 e. The molecule has 1 heteroatoms. The summed E-state index contributed by atoms with van der Waals surface area (Å²) in [6.07, 6.45) is 5.71. The van der Waals surface area contributed by atoms with Crippen molar-refractivity contribution < 1.29 is 0 Å². The molecule has 0 saturated heterocycles. The van der Waals surface area contributed by atoms with E-state index in [1.54, 1.807) is 0 Å². The summed E-state index contributed by atoms with van der Waals surface area (Å²) >= 11 is 0. The molecule has 3 rings (SSSR count). The van der Waals surface area contributed by atoms with Crippen LogP contribution in [0.2, 0.25) is 0 Å². The summed E-state index contributed by atoms with van der Waals surface area (Å²) < 4.78 is 0. The van der Waals surface area contributed by atoms with Crippen LogP contribution in [0.25, 0.3) is 10.8 Å². The molecule has 0 heterocycles. The Hall–Kier alpha value is -1.34. The molecule has 0 spiro atoms. The SMILES string of the molecule is c1ccc2c(CNCCC3CCC3)cccc2c1. The Morgan fingerprint density at radius 1 is 1.00 bits per heavy atom. The molecule has 0 aliphatic heterocycles. The Morgan fingerprint density at radius 2 is 1.83 bits per heavy atom. The van der Waals surface area contributed by atoms with E-state index in [-0.39, 0.29) is 0 Å². The zero-order valence-electron chi connectivity index (χ0n) is 10.9. The Balaban J connectivity index is 1.59. The van der Waals surface area contributed by atoms with Crippen LogP contribution in [0.15, 0.2) is 42.5 Å². The highest BCUT2D eigenvalue weighted by Crippen LogP contribution is 2.28. The van der Waals surface area contributed by atoms with E-state index in [1.165, 1.54) is 42.0 Å². The van der Waals surface area contributed by atoms with Crippen LogP contribution in [-0.2, 0) is 6.54 Å². The lowest BCUT2D eigenvalue weighted by Gasteiger charge is -2.25. The molecular formula is C17H21N. The van der Waals surface area contributed by atoms with E-state index in [9.17, 15) is 0 Å². The molecule has 2 aromatic rings. The lowest BCUT2D eigenvalue weighted by Crippen LogP contribution is -2.21. The van der Waals surface area contributed by atoms with E-state index < -0.39 is 0 Å². The Kier molecular flexibility index (Phi) is 3.61. The van der Waals surface area contributed by atoms with Crippen molar-refractivity contribution in [3.63, 3.8) is 0 Å². The third-order valence-corrected chi connectivity index (χ3v) is 4.15. The second kappa shape index (κ2) is 5.53. The van der Waals surface area contributed by atoms with Crippen LogP contribution in [0.4, 0.5) is 0 Å². The number of nitrogens with one attached hydrogen (secondary N) is 1. The van der Waals surface area contributed by atoms with Crippen LogP contribution in [0, 0.1) is 5.92 Å². The molecule has 0 radical (unpaired) electrons. The van der Waals surface area contributed by atoms with Gasteiger partial charge in [-0.1, -0.05) is 61.7 Å². The first-order valence-electron chi connectivity index (χ1n) is 7.11. The predicted octanol–water partition coefficient (Wildman–Crippen LogP) is 4.12. The number of rotatable bonds is 5. The minimum atomic E-state index is 0.994. The lowest BCUT2D eigenvalue weighted by molar-refractivity contribution is 0.292. The first-order valence-corrected chi connectivity index (χ1v) is 7.11. The molecule has 1 saturated carbocycles. The van der Waals surface area contributed by atoms with Gasteiger partial charge >= 0.3 is 0 Å². The topological polar surface area (TPSA) is 12.0 Å². The van der Waals surface area contributed by atoms with Gasteiger partial charge in [-0.15, -0.1) is 0 Å². The summed E-state index contributed by atoms with van der Waals surface area (Å²) in [6, 6.07) is 15.2. The summed E-state index contributed by atoms with van der Waals surface area (Å²) in [5.41, 5.74) is 1.42. The molecule has 18 heavy (non-hydrogen) atoms. The lowest BCUT2D eigenvalue weighted by atomic mass is 9.83. The maximum atomic E-state index is 3.59. The van der Waals surface area contributed by atoms with E-state index in [2.05, 4.69) is 47.8 Å². The molecule has 0 unspecified atom stereocenters. The normalized spacial score (nSPS) is 15.8. The van der Waals surface area contributed by atoms with Gasteiger partial charge in [0.15, 0.2) is 0 Å². The van der Waals surface area contributed by atoms with Gasteiger partial charge in [-0.3, -0.25) is 0 Å². The van der Waals surface area contributed by atoms with Crippen molar-refractivity contribution >= 4 is 10.8 Å². The van der Waals surface area contributed by atoms with Gasteiger partial charge in [0.1, 0.15) is 0 Å². The van der Waals surface area contributed by atoms with Gasteiger partial charge in [0, 0.05) is 6.54 Å². The summed E-state index contributed by atoms with van der Waals surface area (Å²) in [4.78, 5) is 0. The van der Waals surface area contributed by atoms with Gasteiger partial charge in [-0.25, -0.2) is 0 Å². The standard InChI is InChI=1S/C17H21N/c1-2-10-17-15(7-1)8-4-9-16(17)13-18-12-11-14-5-3-6-14/h1-2,4,7-10,14,18H,3,5-6,11-13H2. The molecule has 1 fully saturated rings. The second-order valence-corrected chi connectivity index (χ2v) is 5.40. The second-order valence-electron chi connectivity index (χ2n) is 5.40. The Morgan fingerprint density at radius 3 is 2.67 bits per heavy atom. The Labute approximate surface area is 109 Å². The average molecular weight is 239 g/mol. The maximum absolute atomic E-state index is 3.59. The molecular weight excluding hydrogens is 218 g/mol. The third kappa shape index (κ3) is 2.56. The molecule has 0 bridgehead atoms. The number of benzene rings is 2. The smallest absolute Gasteiger partial charge is 0.0211 e. The van der Waals surface area contributed by atoms with Gasteiger partial charge < -0.3 is 5.32 Å². The molecule has 0 amide bonds. The number of hydrogen-bond acceptors (Lipinski definition) is 1. The fourth-order valence-corrected chi connectivity index (χ4v) is 2.76. The molecule has 0 atom stereocenters. The molecule has 1 aliphatic carbocycles. The molecule has 1 aliphatic rings. The van der Waals surface area contributed by atoms with E-state index in [0.717, 1.165) is 19.0 Å². The summed E-state index contributed by atoms with van der Waals surface area (Å²) in [5.74, 6) is 1.00. The minimum absolute atomic E-state index is 0.994. The van der Waals surface area contributed by atoms with Crippen LogP contribution in [0.1, 0.15) is 31.2 Å². The zero-order valence-corrected chi connectivity index (χ0v) is 10.9. The first kappa shape index (κ1) is 11.7. The largest absolute Gasteiger partial charge is 0.313 e. The first-order chi connectivity index (χ1) is 8.93. The molecule has 1 nitrogen and oxygen atoms in total. The van der Waals surface area contributed by atoms with Crippen LogP contribution in [0.3, 0.4) is 0 Å².